The number of carbonyl (C=O) groups excluding carboxylic acids is 2. The molecule has 0 heterocycles. The summed E-state index contributed by atoms with van der Waals surface area (Å²) in [7, 11) is 2.60. The molecule has 23 heavy (non-hydrogen) atoms. The zero-order valence-corrected chi connectivity index (χ0v) is 13.9. The number of methoxy groups -OCH3 is 2. The monoisotopic (exact) mass is 328 g/mol. The van der Waals surface area contributed by atoms with E-state index in [1.807, 2.05) is 36.6 Å². The summed E-state index contributed by atoms with van der Waals surface area (Å²) >= 11 is 1.67. The van der Waals surface area contributed by atoms with E-state index in [0.717, 1.165) is 11.1 Å². The van der Waals surface area contributed by atoms with Crippen molar-refractivity contribution in [2.75, 3.05) is 20.5 Å². The molecule has 0 spiro atoms. The SMILES string of the molecule is COC1(OC)C(=O)c2ccc(-c3ccc(SC)cc3)cc2C1=O. The number of rotatable bonds is 4. The first-order valence-corrected chi connectivity index (χ1v) is 8.28. The van der Waals surface area contributed by atoms with Crippen molar-refractivity contribution < 1.29 is 19.1 Å². The molecule has 0 radical (unpaired) electrons. The van der Waals surface area contributed by atoms with E-state index in [0.29, 0.717) is 11.1 Å². The Morgan fingerprint density at radius 1 is 0.826 bits per heavy atom. The highest BCUT2D eigenvalue weighted by Crippen LogP contribution is 2.35. The molecule has 3 rings (SSSR count). The minimum Gasteiger partial charge on any atom is -0.341 e. The summed E-state index contributed by atoms with van der Waals surface area (Å²) in [6.45, 7) is 0. The standard InChI is InChI=1S/C18H16O4S/c1-21-18(22-2)16(19)14-9-6-12(10-15(14)17(18)20)11-4-7-13(23-3)8-5-11/h4-10H,1-3H3. The number of benzene rings is 2. The van der Waals surface area contributed by atoms with Crippen LogP contribution in [0.1, 0.15) is 20.7 Å². The number of fused-ring (bicyclic) bond motifs is 1. The van der Waals surface area contributed by atoms with Crippen LogP contribution in [-0.4, -0.2) is 37.8 Å². The Hall–Kier alpha value is -1.95. The molecule has 0 unspecified atom stereocenters. The summed E-state index contributed by atoms with van der Waals surface area (Å²) in [6, 6.07) is 13.3. The molecule has 1 aliphatic rings. The van der Waals surface area contributed by atoms with E-state index in [9.17, 15) is 9.59 Å². The summed E-state index contributed by atoms with van der Waals surface area (Å²) in [5, 5.41) is 0. The fourth-order valence-corrected chi connectivity index (χ4v) is 3.21. The Balaban J connectivity index is 2.06. The zero-order chi connectivity index (χ0) is 16.6. The molecule has 0 saturated heterocycles. The fourth-order valence-electron chi connectivity index (χ4n) is 2.80. The summed E-state index contributed by atoms with van der Waals surface area (Å²) in [5.74, 6) is -2.75. The summed E-state index contributed by atoms with van der Waals surface area (Å²) in [4.78, 5) is 26.2. The molecule has 4 nitrogen and oxygen atoms in total. The number of thioether (sulfide) groups is 1. The van der Waals surface area contributed by atoms with Crippen molar-refractivity contribution >= 4 is 23.3 Å². The molecule has 5 heteroatoms. The van der Waals surface area contributed by atoms with Crippen molar-refractivity contribution in [1.82, 2.24) is 0 Å². The molecule has 0 N–H and O–H groups in total. The quantitative estimate of drug-likeness (QED) is 0.489. The Bertz CT molecular complexity index is 776. The predicted octanol–water partition coefficient (Wildman–Crippen LogP) is 3.44. The van der Waals surface area contributed by atoms with Crippen LogP contribution in [0.3, 0.4) is 0 Å². The minimum absolute atomic E-state index is 0.336. The molecular weight excluding hydrogens is 312 g/mol. The van der Waals surface area contributed by atoms with Crippen molar-refractivity contribution in [3.63, 3.8) is 0 Å². The average molecular weight is 328 g/mol. The fraction of sp³-hybridized carbons (Fsp3) is 0.222. The van der Waals surface area contributed by atoms with Crippen LogP contribution >= 0.6 is 11.8 Å². The third kappa shape index (κ3) is 2.32. The van der Waals surface area contributed by atoms with Crippen LogP contribution in [0.25, 0.3) is 11.1 Å². The predicted molar refractivity (Wildman–Crippen MR) is 89.1 cm³/mol. The number of hydrogen-bond donors (Lipinski definition) is 0. The largest absolute Gasteiger partial charge is 0.341 e. The second kappa shape index (κ2) is 5.92. The lowest BCUT2D eigenvalue weighted by molar-refractivity contribution is -0.133. The highest BCUT2D eigenvalue weighted by molar-refractivity contribution is 7.98. The van der Waals surface area contributed by atoms with Crippen molar-refractivity contribution in [1.29, 1.82) is 0 Å². The van der Waals surface area contributed by atoms with Gasteiger partial charge in [0.1, 0.15) is 0 Å². The van der Waals surface area contributed by atoms with Gasteiger partial charge >= 0.3 is 0 Å². The smallest absolute Gasteiger partial charge is 0.299 e. The Morgan fingerprint density at radius 3 is 1.96 bits per heavy atom. The third-order valence-corrected chi connectivity index (χ3v) is 4.85. The van der Waals surface area contributed by atoms with Gasteiger partial charge in [-0.05, 0) is 41.6 Å². The van der Waals surface area contributed by atoms with Crippen molar-refractivity contribution in [2.45, 2.75) is 10.7 Å². The Morgan fingerprint density at radius 2 is 1.39 bits per heavy atom. The second-order valence-corrected chi connectivity index (χ2v) is 6.05. The molecule has 118 valence electrons. The molecule has 0 atom stereocenters. The average Bonchev–Trinajstić information content (AvgIpc) is 2.82. The third-order valence-electron chi connectivity index (χ3n) is 4.10. The van der Waals surface area contributed by atoms with Crippen molar-refractivity contribution in [2.24, 2.45) is 0 Å². The van der Waals surface area contributed by atoms with Gasteiger partial charge in [-0.25, -0.2) is 0 Å². The van der Waals surface area contributed by atoms with E-state index in [1.165, 1.54) is 19.1 Å². The highest BCUT2D eigenvalue weighted by atomic mass is 32.2. The van der Waals surface area contributed by atoms with E-state index in [1.54, 1.807) is 23.9 Å². The molecule has 1 aliphatic carbocycles. The van der Waals surface area contributed by atoms with Gasteiger partial charge in [-0.15, -0.1) is 11.8 Å². The maximum atomic E-state index is 12.6. The van der Waals surface area contributed by atoms with Crippen LogP contribution in [0.4, 0.5) is 0 Å². The van der Waals surface area contributed by atoms with Gasteiger partial charge in [-0.1, -0.05) is 18.2 Å². The van der Waals surface area contributed by atoms with Crippen LogP contribution < -0.4 is 0 Å². The minimum atomic E-state index is -1.84. The van der Waals surface area contributed by atoms with Gasteiger partial charge in [0.2, 0.25) is 11.6 Å². The molecule has 0 bridgehead atoms. The van der Waals surface area contributed by atoms with Gasteiger partial charge in [0.25, 0.3) is 5.79 Å². The van der Waals surface area contributed by atoms with E-state index in [4.69, 9.17) is 9.47 Å². The van der Waals surface area contributed by atoms with Gasteiger partial charge in [-0.3, -0.25) is 9.59 Å². The lowest BCUT2D eigenvalue weighted by atomic mass is 10.0. The Kier molecular flexibility index (Phi) is 4.10. The normalized spacial score (nSPS) is 15.8. The first-order chi connectivity index (χ1) is 11.1. The lowest BCUT2D eigenvalue weighted by Crippen LogP contribution is -2.45. The van der Waals surface area contributed by atoms with E-state index >= 15 is 0 Å². The summed E-state index contributed by atoms with van der Waals surface area (Å²) in [6.07, 6.45) is 2.02. The topological polar surface area (TPSA) is 52.6 Å². The maximum Gasteiger partial charge on any atom is 0.299 e. The molecule has 0 saturated carbocycles. The number of Topliss-reactive ketones (excluding diaryl/α,β-unsaturated/α-hetero) is 2. The first-order valence-electron chi connectivity index (χ1n) is 7.05. The Labute approximate surface area is 138 Å². The number of ether oxygens (including phenoxy) is 2. The highest BCUT2D eigenvalue weighted by Gasteiger charge is 2.54. The van der Waals surface area contributed by atoms with E-state index in [-0.39, 0.29) is 0 Å². The molecule has 0 fully saturated rings. The number of hydrogen-bond acceptors (Lipinski definition) is 5. The summed E-state index contributed by atoms with van der Waals surface area (Å²) < 4.78 is 10.2. The lowest BCUT2D eigenvalue weighted by Gasteiger charge is -2.21. The van der Waals surface area contributed by atoms with Gasteiger partial charge in [0.15, 0.2) is 0 Å². The van der Waals surface area contributed by atoms with Gasteiger partial charge in [0, 0.05) is 30.2 Å². The molecule has 2 aromatic carbocycles. The maximum absolute atomic E-state index is 12.6. The van der Waals surface area contributed by atoms with Crippen LogP contribution in [0, 0.1) is 0 Å². The second-order valence-electron chi connectivity index (χ2n) is 5.17. The van der Waals surface area contributed by atoms with Crippen LogP contribution in [-0.2, 0) is 9.47 Å². The number of ketones is 2. The van der Waals surface area contributed by atoms with Crippen LogP contribution in [0.15, 0.2) is 47.4 Å². The zero-order valence-electron chi connectivity index (χ0n) is 13.1. The molecule has 0 amide bonds. The van der Waals surface area contributed by atoms with Gasteiger partial charge < -0.3 is 9.47 Å². The van der Waals surface area contributed by atoms with E-state index in [2.05, 4.69) is 0 Å². The van der Waals surface area contributed by atoms with Gasteiger partial charge in [0.05, 0.1) is 0 Å². The number of carbonyl (C=O) groups is 2. The molecule has 0 aliphatic heterocycles. The first kappa shape index (κ1) is 15.9. The van der Waals surface area contributed by atoms with Crippen molar-refractivity contribution in [3.8, 4) is 11.1 Å². The molecule has 2 aromatic rings. The van der Waals surface area contributed by atoms with Crippen LogP contribution in [0.2, 0.25) is 0 Å². The molecule has 0 aromatic heterocycles. The van der Waals surface area contributed by atoms with Crippen LogP contribution in [0.5, 0.6) is 0 Å². The van der Waals surface area contributed by atoms with E-state index < -0.39 is 17.4 Å². The van der Waals surface area contributed by atoms with Crippen molar-refractivity contribution in [3.05, 3.63) is 53.6 Å². The van der Waals surface area contributed by atoms with Gasteiger partial charge in [-0.2, -0.15) is 0 Å². The molecular formula is C18H16O4S. The summed E-state index contributed by atoms with van der Waals surface area (Å²) in [5.41, 5.74) is 2.53.